The number of fused-ring (bicyclic) bond motifs is 2. The van der Waals surface area contributed by atoms with E-state index in [1.54, 1.807) is 35.0 Å². The van der Waals surface area contributed by atoms with Crippen molar-refractivity contribution < 1.29 is 11.0 Å². The molecule has 1 aliphatic heterocycles. The highest BCUT2D eigenvalue weighted by Crippen LogP contribution is 2.34. The van der Waals surface area contributed by atoms with Crippen molar-refractivity contribution in [2.24, 2.45) is 0 Å². The molecular weight excluding hydrogens is 332 g/mol. The molecule has 2 nitrogen and oxygen atoms in total. The molecule has 0 aliphatic carbocycles. The molecule has 1 aliphatic rings. The van der Waals surface area contributed by atoms with Crippen molar-refractivity contribution >= 4 is 54.2 Å². The maximum absolute atomic E-state index is 8.81. The largest absolute Gasteiger partial charge is 0.367 e. The highest BCUT2D eigenvalue weighted by Gasteiger charge is 2.20. The fourth-order valence-corrected chi connectivity index (χ4v) is 4.53. The second-order valence-corrected chi connectivity index (χ2v) is 7.21. The van der Waals surface area contributed by atoms with Gasteiger partial charge in [0.05, 0.1) is 21.4 Å². The average molecular weight is 359 g/mol. The molecule has 4 heteroatoms. The maximum atomic E-state index is 8.81. The number of hydrogen-bond donors (Lipinski definition) is 0. The summed E-state index contributed by atoms with van der Waals surface area (Å²) < 4.78 is 71.8. The van der Waals surface area contributed by atoms with Gasteiger partial charge in [-0.05, 0) is 46.5 Å². The molecule has 0 atom stereocenters. The van der Waals surface area contributed by atoms with Gasteiger partial charge in [0.1, 0.15) is 0 Å². The smallest absolute Gasteiger partial charge is 0.0576 e. The van der Waals surface area contributed by atoms with Gasteiger partial charge >= 0.3 is 0 Å². The normalized spacial score (nSPS) is 28.8. The summed E-state index contributed by atoms with van der Waals surface area (Å²) in [4.78, 5) is 1.28. The number of thiophene rings is 2. The molecule has 5 rings (SSSR count). The van der Waals surface area contributed by atoms with Crippen LogP contribution in [0.1, 0.15) is 11.0 Å². The predicted octanol–water partition coefficient (Wildman–Crippen LogP) is 5.44. The summed E-state index contributed by atoms with van der Waals surface area (Å²) in [6.07, 6.45) is 0. The van der Waals surface area contributed by atoms with E-state index in [-0.39, 0.29) is 11.4 Å². The number of rotatable bonds is 2. The van der Waals surface area contributed by atoms with Crippen molar-refractivity contribution in [1.29, 1.82) is 0 Å². The number of benzene rings is 2. The fraction of sp³-hybridized carbons (Fsp3) is 0.200. The van der Waals surface area contributed by atoms with Crippen LogP contribution in [0.4, 0.5) is 11.4 Å². The molecule has 1 fully saturated rings. The van der Waals surface area contributed by atoms with Crippen LogP contribution in [0.25, 0.3) is 20.2 Å². The van der Waals surface area contributed by atoms with E-state index in [1.807, 2.05) is 12.1 Å². The Labute approximate surface area is 160 Å². The minimum Gasteiger partial charge on any atom is -0.367 e. The van der Waals surface area contributed by atoms with E-state index in [1.165, 1.54) is 34.8 Å². The van der Waals surface area contributed by atoms with Gasteiger partial charge in [-0.15, -0.1) is 22.7 Å². The molecule has 0 N–H and O–H groups in total. The van der Waals surface area contributed by atoms with Gasteiger partial charge in [-0.2, -0.15) is 0 Å². The summed E-state index contributed by atoms with van der Waals surface area (Å²) in [7, 11) is 0. The molecule has 2 aromatic carbocycles. The third-order valence-electron chi connectivity index (χ3n) is 3.96. The SMILES string of the molecule is [2H]C1([2H])N(c2cccc3sccc23)C([2H])([2H])C([2H])([2H])N(c2cccc3ccsc23)C1([2H])[2H]. The summed E-state index contributed by atoms with van der Waals surface area (Å²) in [6.45, 7) is -11.7. The Balaban J connectivity index is 1.79. The predicted molar refractivity (Wildman–Crippen MR) is 108 cm³/mol. The van der Waals surface area contributed by atoms with Crippen LogP contribution >= 0.6 is 22.7 Å². The summed E-state index contributed by atoms with van der Waals surface area (Å²) in [6, 6.07) is 13.4. The minimum atomic E-state index is -2.92. The molecule has 0 amide bonds. The van der Waals surface area contributed by atoms with Gasteiger partial charge in [0.2, 0.25) is 0 Å². The Bertz CT molecular complexity index is 1200. The zero-order chi connectivity index (χ0) is 23.1. The average Bonchev–Trinajstić information content (AvgIpc) is 3.36. The van der Waals surface area contributed by atoms with Crippen molar-refractivity contribution in [1.82, 2.24) is 0 Å². The molecule has 4 aromatic rings. The quantitative estimate of drug-likeness (QED) is 0.470. The Morgan fingerprint density at radius 2 is 1.46 bits per heavy atom. The summed E-state index contributed by atoms with van der Waals surface area (Å²) >= 11 is 2.67. The van der Waals surface area contributed by atoms with Crippen molar-refractivity contribution in [2.75, 3.05) is 35.8 Å². The number of hydrogen-bond acceptors (Lipinski definition) is 4. The number of piperazine rings is 1. The standard InChI is InChI=1S/C20H18N2S2/c1-3-15-7-13-24-20(15)18(5-1)22-11-9-21(10-12-22)17-4-2-6-19-16(17)8-14-23-19/h1-8,13-14H,9-12H2/i9D2,10D2,11D2,12D2. The molecule has 1 saturated heterocycles. The van der Waals surface area contributed by atoms with Crippen LogP contribution in [0.5, 0.6) is 0 Å². The van der Waals surface area contributed by atoms with Crippen LogP contribution < -0.4 is 9.80 Å². The van der Waals surface area contributed by atoms with E-state index in [9.17, 15) is 0 Å². The minimum absolute atomic E-state index is 0.112. The summed E-state index contributed by atoms with van der Waals surface area (Å²) in [5.41, 5.74) is 0.231. The van der Waals surface area contributed by atoms with Crippen molar-refractivity contribution in [3.05, 3.63) is 59.3 Å². The number of nitrogens with zero attached hydrogens (tertiary/aromatic N) is 2. The van der Waals surface area contributed by atoms with Crippen LogP contribution in [0.15, 0.2) is 59.3 Å². The summed E-state index contributed by atoms with van der Waals surface area (Å²) in [5.74, 6) is 0. The maximum Gasteiger partial charge on any atom is 0.0576 e. The lowest BCUT2D eigenvalue weighted by Gasteiger charge is -2.37. The van der Waals surface area contributed by atoms with Crippen molar-refractivity contribution in [3.8, 4) is 0 Å². The van der Waals surface area contributed by atoms with Crippen molar-refractivity contribution in [2.45, 2.75) is 0 Å². The first-order chi connectivity index (χ1) is 14.9. The van der Waals surface area contributed by atoms with Crippen LogP contribution in [0.3, 0.4) is 0 Å². The molecule has 0 bridgehead atoms. The second kappa shape index (κ2) is 5.80. The highest BCUT2D eigenvalue weighted by molar-refractivity contribution is 7.18. The molecule has 120 valence electrons. The molecule has 0 spiro atoms. The van der Waals surface area contributed by atoms with E-state index in [4.69, 9.17) is 11.0 Å². The third-order valence-corrected chi connectivity index (χ3v) is 5.79. The first-order valence-corrected chi connectivity index (χ1v) is 9.21. The lowest BCUT2D eigenvalue weighted by Crippen LogP contribution is -2.46. The third kappa shape index (κ3) is 2.29. The summed E-state index contributed by atoms with van der Waals surface area (Å²) in [5, 5.41) is 4.88. The van der Waals surface area contributed by atoms with E-state index in [0.29, 0.717) is 19.9 Å². The highest BCUT2D eigenvalue weighted by atomic mass is 32.1. The van der Waals surface area contributed by atoms with Crippen LogP contribution in [0.2, 0.25) is 0 Å². The fourth-order valence-electron chi connectivity index (χ4n) is 2.82. The first kappa shape index (κ1) is 8.37. The van der Waals surface area contributed by atoms with Gasteiger partial charge in [-0.25, -0.2) is 0 Å². The second-order valence-electron chi connectivity index (χ2n) is 5.34. The number of anilines is 2. The topological polar surface area (TPSA) is 6.48 Å². The molecular formula is C20H18N2S2. The molecule has 2 aromatic heterocycles. The molecule has 0 saturated carbocycles. The zero-order valence-electron chi connectivity index (χ0n) is 20.5. The lowest BCUT2D eigenvalue weighted by molar-refractivity contribution is 0.657. The molecule has 3 heterocycles. The van der Waals surface area contributed by atoms with Gasteiger partial charge in [0, 0.05) is 41.8 Å². The van der Waals surface area contributed by atoms with E-state index >= 15 is 0 Å². The zero-order valence-corrected chi connectivity index (χ0v) is 14.1. The monoisotopic (exact) mass is 358 g/mol. The first-order valence-electron chi connectivity index (χ1n) is 11.5. The Kier molecular flexibility index (Phi) is 2.02. The van der Waals surface area contributed by atoms with Crippen LogP contribution in [-0.4, -0.2) is 26.0 Å². The Morgan fingerprint density at radius 1 is 0.750 bits per heavy atom. The Morgan fingerprint density at radius 3 is 2.33 bits per heavy atom. The lowest BCUT2D eigenvalue weighted by atomic mass is 10.1. The molecule has 0 unspecified atom stereocenters. The van der Waals surface area contributed by atoms with E-state index in [0.717, 1.165) is 10.1 Å². The van der Waals surface area contributed by atoms with Gasteiger partial charge in [-0.3, -0.25) is 0 Å². The van der Waals surface area contributed by atoms with Crippen molar-refractivity contribution in [3.63, 3.8) is 0 Å². The van der Waals surface area contributed by atoms with Crippen LogP contribution in [-0.2, 0) is 0 Å². The molecule has 0 radical (unpaired) electrons. The molecule has 24 heavy (non-hydrogen) atoms. The van der Waals surface area contributed by atoms with E-state index in [2.05, 4.69) is 0 Å². The van der Waals surface area contributed by atoms with E-state index < -0.39 is 26.0 Å². The Hall–Kier alpha value is -2.04. The van der Waals surface area contributed by atoms with Gasteiger partial charge in [0.25, 0.3) is 0 Å². The van der Waals surface area contributed by atoms with Gasteiger partial charge in [0.15, 0.2) is 0 Å². The van der Waals surface area contributed by atoms with Gasteiger partial charge < -0.3 is 9.80 Å². The van der Waals surface area contributed by atoms with Crippen LogP contribution in [0, 0.1) is 0 Å². The van der Waals surface area contributed by atoms with Gasteiger partial charge in [-0.1, -0.05) is 18.2 Å².